The van der Waals surface area contributed by atoms with Crippen molar-refractivity contribution in [3.05, 3.63) is 97.1 Å². The van der Waals surface area contributed by atoms with Gasteiger partial charge in [0.2, 0.25) is 0 Å². The Labute approximate surface area is 218 Å². The van der Waals surface area contributed by atoms with Gasteiger partial charge in [-0.2, -0.15) is 0 Å². The van der Waals surface area contributed by atoms with Gasteiger partial charge < -0.3 is 9.76 Å². The van der Waals surface area contributed by atoms with Crippen molar-refractivity contribution < 1.29 is 9.76 Å². The van der Waals surface area contributed by atoms with E-state index in [2.05, 4.69) is 97.1 Å². The third kappa shape index (κ3) is 3.97. The number of pyridine rings is 1. The molecule has 0 saturated heterocycles. The molecule has 0 aliphatic rings. The number of fused-ring (bicyclic) bond motifs is 8. The van der Waals surface area contributed by atoms with Crippen molar-refractivity contribution in [2.45, 2.75) is 38.9 Å². The lowest BCUT2D eigenvalue weighted by Crippen LogP contribution is -2.49. The van der Waals surface area contributed by atoms with E-state index in [0.29, 0.717) is 7.48 Å². The van der Waals surface area contributed by atoms with Crippen molar-refractivity contribution in [1.29, 1.82) is 0 Å². The maximum Gasteiger partial charge on any atom is 0.309 e. The lowest BCUT2D eigenvalue weighted by molar-refractivity contribution is -0.0893. The van der Waals surface area contributed by atoms with E-state index >= 15 is 0 Å². The molecule has 0 unspecified atom stereocenters. The van der Waals surface area contributed by atoms with Crippen molar-refractivity contribution in [3.63, 3.8) is 0 Å². The molecule has 6 aromatic rings. The fourth-order valence-electron chi connectivity index (χ4n) is 5.03. The first-order chi connectivity index (χ1) is 17.7. The number of hydrogen-bond donors (Lipinski definition) is 1. The minimum absolute atomic E-state index is 0.427. The summed E-state index contributed by atoms with van der Waals surface area (Å²) in [5.41, 5.74) is 2.50. The van der Waals surface area contributed by atoms with Gasteiger partial charge in [0, 0.05) is 21.7 Å². The van der Waals surface area contributed by atoms with Gasteiger partial charge in [0.25, 0.3) is 0 Å². The molecule has 0 saturated carbocycles. The smallest absolute Gasteiger partial charge is 0.309 e. The quantitative estimate of drug-likeness (QED) is 0.214. The van der Waals surface area contributed by atoms with Crippen LogP contribution in [0, 0.1) is 0 Å². The Balaban J connectivity index is 1.57. The molecule has 182 valence electrons. The summed E-state index contributed by atoms with van der Waals surface area (Å²) in [5, 5.41) is 19.0. The van der Waals surface area contributed by atoms with Crippen LogP contribution in [0.3, 0.4) is 0 Å². The zero-order valence-corrected chi connectivity index (χ0v) is 21.7. The maximum atomic E-state index is 10.4. The standard InChI is InChI=1S/C33H30BNO2/c1-32(2,36)33(3,4)37-34-22-19-17-21(18-20-22)31-30-26-14-8-6-12-24(26)23-11-5-7-13-25(23)29(30)27-15-9-10-16-28(27)35-31/h5-20,34,36H,1-4H3. The molecular weight excluding hydrogens is 453 g/mol. The molecule has 0 fully saturated rings. The number of nitrogens with zero attached hydrogens (tertiary/aromatic N) is 1. The van der Waals surface area contributed by atoms with Crippen LogP contribution in [0.1, 0.15) is 27.7 Å². The van der Waals surface area contributed by atoms with Crippen LogP contribution in [0.5, 0.6) is 0 Å². The summed E-state index contributed by atoms with van der Waals surface area (Å²) in [6.07, 6.45) is 0. The Morgan fingerprint density at radius 2 is 1.14 bits per heavy atom. The van der Waals surface area contributed by atoms with Gasteiger partial charge >= 0.3 is 7.48 Å². The molecular formula is C33H30BNO2. The molecule has 0 spiro atoms. The van der Waals surface area contributed by atoms with Crippen LogP contribution in [0.15, 0.2) is 97.1 Å². The molecule has 0 aliphatic carbocycles. The van der Waals surface area contributed by atoms with Gasteiger partial charge in [0.05, 0.1) is 22.4 Å². The number of aliphatic hydroxyl groups is 1. The molecule has 1 heterocycles. The van der Waals surface area contributed by atoms with Crippen molar-refractivity contribution in [2.75, 3.05) is 0 Å². The highest BCUT2D eigenvalue weighted by molar-refractivity contribution is 6.47. The number of hydrogen-bond acceptors (Lipinski definition) is 3. The molecule has 1 N–H and O–H groups in total. The molecule has 37 heavy (non-hydrogen) atoms. The molecule has 0 amide bonds. The maximum absolute atomic E-state index is 10.4. The van der Waals surface area contributed by atoms with E-state index in [0.717, 1.165) is 22.2 Å². The van der Waals surface area contributed by atoms with Gasteiger partial charge in [-0.05, 0) is 55.3 Å². The van der Waals surface area contributed by atoms with Crippen molar-refractivity contribution in [2.24, 2.45) is 0 Å². The van der Waals surface area contributed by atoms with Crippen molar-refractivity contribution in [3.8, 4) is 11.3 Å². The summed E-state index contributed by atoms with van der Waals surface area (Å²) >= 11 is 0. The van der Waals surface area contributed by atoms with Gasteiger partial charge in [-0.15, -0.1) is 0 Å². The minimum atomic E-state index is -0.940. The first-order valence-electron chi connectivity index (χ1n) is 12.8. The minimum Gasteiger partial charge on any atom is -0.427 e. The first kappa shape index (κ1) is 23.7. The van der Waals surface area contributed by atoms with Crippen molar-refractivity contribution in [1.82, 2.24) is 4.98 Å². The Morgan fingerprint density at radius 1 is 0.622 bits per heavy atom. The molecule has 0 aliphatic heterocycles. The molecule has 0 bridgehead atoms. The number of benzene rings is 5. The Kier molecular flexibility index (Phi) is 5.56. The molecule has 4 heteroatoms. The number of rotatable bonds is 5. The van der Waals surface area contributed by atoms with Crippen LogP contribution in [-0.2, 0) is 4.65 Å². The van der Waals surface area contributed by atoms with Crippen LogP contribution >= 0.6 is 0 Å². The highest BCUT2D eigenvalue weighted by Gasteiger charge is 2.35. The monoisotopic (exact) mass is 483 g/mol. The van der Waals surface area contributed by atoms with Crippen LogP contribution in [-0.4, -0.2) is 28.8 Å². The van der Waals surface area contributed by atoms with Crippen LogP contribution in [0.25, 0.3) is 54.5 Å². The second kappa shape index (κ2) is 8.69. The molecule has 3 nitrogen and oxygen atoms in total. The highest BCUT2D eigenvalue weighted by atomic mass is 16.5. The summed E-state index contributed by atoms with van der Waals surface area (Å²) in [7, 11) is 0.427. The van der Waals surface area contributed by atoms with Gasteiger partial charge in [-0.1, -0.05) is 96.5 Å². The zero-order valence-electron chi connectivity index (χ0n) is 21.7. The van der Waals surface area contributed by atoms with Crippen LogP contribution in [0.4, 0.5) is 0 Å². The molecule has 6 rings (SSSR count). The largest absolute Gasteiger partial charge is 0.427 e. The average molecular weight is 483 g/mol. The third-order valence-corrected chi connectivity index (χ3v) is 7.88. The normalized spacial score (nSPS) is 12.6. The van der Waals surface area contributed by atoms with E-state index in [4.69, 9.17) is 9.64 Å². The number of aromatic nitrogens is 1. The van der Waals surface area contributed by atoms with Gasteiger partial charge in [0.15, 0.2) is 0 Å². The highest BCUT2D eigenvalue weighted by Crippen LogP contribution is 2.42. The van der Waals surface area contributed by atoms with Crippen LogP contribution in [0.2, 0.25) is 0 Å². The van der Waals surface area contributed by atoms with Crippen LogP contribution < -0.4 is 5.46 Å². The van der Waals surface area contributed by atoms with E-state index in [-0.39, 0.29) is 0 Å². The summed E-state index contributed by atoms with van der Waals surface area (Å²) in [4.78, 5) is 5.21. The fourth-order valence-corrected chi connectivity index (χ4v) is 5.03. The van der Waals surface area contributed by atoms with Gasteiger partial charge in [-0.25, -0.2) is 4.98 Å². The predicted octanol–water partition coefficient (Wildman–Crippen LogP) is 6.90. The summed E-state index contributed by atoms with van der Waals surface area (Å²) in [6.45, 7) is 7.39. The third-order valence-electron chi connectivity index (χ3n) is 7.88. The van der Waals surface area contributed by atoms with E-state index in [1.54, 1.807) is 13.8 Å². The summed E-state index contributed by atoms with van der Waals surface area (Å²) < 4.78 is 6.09. The molecule has 1 aromatic heterocycles. The SMILES string of the molecule is CC(C)(O)C(C)(C)OBc1ccc(-c2nc3ccccc3c3c4ccccc4c4ccccc4c23)cc1. The predicted molar refractivity (Wildman–Crippen MR) is 158 cm³/mol. The fraction of sp³-hybridized carbons (Fsp3) is 0.182. The molecule has 0 radical (unpaired) electrons. The van der Waals surface area contributed by atoms with E-state index in [1.807, 2.05) is 13.8 Å². The molecule has 5 aromatic carbocycles. The van der Waals surface area contributed by atoms with Crippen molar-refractivity contribution >= 4 is 56.2 Å². The molecule has 0 atom stereocenters. The Morgan fingerprint density at radius 3 is 1.73 bits per heavy atom. The van der Waals surface area contributed by atoms with Gasteiger partial charge in [-0.3, -0.25) is 0 Å². The topological polar surface area (TPSA) is 42.4 Å². The van der Waals surface area contributed by atoms with E-state index < -0.39 is 11.2 Å². The van der Waals surface area contributed by atoms with E-state index in [9.17, 15) is 5.11 Å². The van der Waals surface area contributed by atoms with E-state index in [1.165, 1.54) is 37.7 Å². The average Bonchev–Trinajstić information content (AvgIpc) is 2.91. The number of para-hydroxylation sites is 1. The summed E-state index contributed by atoms with van der Waals surface area (Å²) in [6, 6.07) is 34.2. The second-order valence-corrected chi connectivity index (χ2v) is 10.9. The van der Waals surface area contributed by atoms with Gasteiger partial charge in [0.1, 0.15) is 0 Å². The Bertz CT molecular complexity index is 1780. The Hall–Kier alpha value is -3.73. The zero-order chi connectivity index (χ0) is 25.8. The second-order valence-electron chi connectivity index (χ2n) is 10.9. The lowest BCUT2D eigenvalue weighted by Gasteiger charge is -2.37. The lowest BCUT2D eigenvalue weighted by atomic mass is 9.82. The summed E-state index contributed by atoms with van der Waals surface area (Å²) in [5.74, 6) is 0. The first-order valence-corrected chi connectivity index (χ1v) is 12.8.